The minimum Gasteiger partial charge on any atom is -0.349 e. The molecule has 2 aromatic rings. The maximum Gasteiger partial charge on any atom is 0.226 e. The molecule has 4 fully saturated rings. The van der Waals surface area contributed by atoms with Crippen molar-refractivity contribution in [3.63, 3.8) is 0 Å². The van der Waals surface area contributed by atoms with Crippen molar-refractivity contribution in [2.45, 2.75) is 90.1 Å². The van der Waals surface area contributed by atoms with E-state index in [9.17, 15) is 4.79 Å². The number of tetrazole rings is 1. The zero-order valence-electron chi connectivity index (χ0n) is 19.3. The lowest BCUT2D eigenvalue weighted by atomic mass is 9.46. The van der Waals surface area contributed by atoms with E-state index in [1.807, 2.05) is 11.7 Å². The van der Waals surface area contributed by atoms with Crippen LogP contribution in [0.5, 0.6) is 0 Å². The second-order valence-electron chi connectivity index (χ2n) is 10.8. The van der Waals surface area contributed by atoms with Crippen LogP contribution in [0.3, 0.4) is 0 Å². The van der Waals surface area contributed by atoms with Crippen LogP contribution in [0, 0.1) is 24.2 Å². The summed E-state index contributed by atoms with van der Waals surface area (Å²) >= 11 is 0. The Bertz CT molecular complexity index is 949. The van der Waals surface area contributed by atoms with E-state index in [2.05, 4.69) is 65.8 Å². The van der Waals surface area contributed by atoms with Crippen molar-refractivity contribution in [2.75, 3.05) is 0 Å². The monoisotopic (exact) mass is 421 g/mol. The van der Waals surface area contributed by atoms with Gasteiger partial charge in [0.2, 0.25) is 5.91 Å². The lowest BCUT2D eigenvalue weighted by Gasteiger charge is -2.60. The van der Waals surface area contributed by atoms with E-state index in [0.717, 1.165) is 38.5 Å². The Hall–Kier alpha value is -2.24. The standard InChI is InChI=1S/C25H35N5O/c1-5-22(21-8-6-20(7-9-21)16(2)3)26-23(31)24-11-18-10-19(12-24)14-25(13-18,15-24)30-28-17(4)27-29-30/h6-9,16,18-19,22H,5,10-15H2,1-4H3,(H,26,31)/t18-,19-,22-,24?,25?/m0/s1. The number of carbonyl (C=O) groups excluding carboxylic acids is 1. The van der Waals surface area contributed by atoms with Gasteiger partial charge in [0, 0.05) is 0 Å². The van der Waals surface area contributed by atoms with Gasteiger partial charge in [-0.25, -0.2) is 0 Å². The van der Waals surface area contributed by atoms with E-state index < -0.39 is 0 Å². The fourth-order valence-corrected chi connectivity index (χ4v) is 7.04. The number of rotatable bonds is 6. The lowest BCUT2D eigenvalue weighted by molar-refractivity contribution is -0.158. The molecule has 1 aromatic heterocycles. The van der Waals surface area contributed by atoms with E-state index >= 15 is 0 Å². The number of benzene rings is 1. The Morgan fingerprint density at radius 1 is 1.13 bits per heavy atom. The molecule has 0 saturated heterocycles. The average Bonchev–Trinajstić information content (AvgIpc) is 3.18. The number of nitrogens with zero attached hydrogens (tertiary/aromatic N) is 4. The van der Waals surface area contributed by atoms with Gasteiger partial charge in [0.1, 0.15) is 0 Å². The highest BCUT2D eigenvalue weighted by Gasteiger charge is 2.62. The molecule has 4 aliphatic rings. The van der Waals surface area contributed by atoms with Crippen molar-refractivity contribution in [1.82, 2.24) is 25.5 Å². The van der Waals surface area contributed by atoms with Crippen LogP contribution in [0.25, 0.3) is 0 Å². The molecule has 3 atom stereocenters. The number of carbonyl (C=O) groups is 1. The van der Waals surface area contributed by atoms with Crippen molar-refractivity contribution in [1.29, 1.82) is 0 Å². The Labute approximate surface area is 185 Å². The second-order valence-corrected chi connectivity index (χ2v) is 10.8. The molecule has 166 valence electrons. The molecule has 0 aliphatic heterocycles. The molecular formula is C25H35N5O. The Kier molecular flexibility index (Phi) is 4.94. The van der Waals surface area contributed by atoms with Gasteiger partial charge in [-0.3, -0.25) is 4.79 Å². The normalized spacial score (nSPS) is 32.4. The van der Waals surface area contributed by atoms with Crippen LogP contribution in [0.4, 0.5) is 0 Å². The molecule has 1 aromatic carbocycles. The van der Waals surface area contributed by atoms with Crippen LogP contribution in [0.1, 0.15) is 94.6 Å². The fraction of sp³-hybridized carbons (Fsp3) is 0.680. The van der Waals surface area contributed by atoms with E-state index in [4.69, 9.17) is 0 Å². The topological polar surface area (TPSA) is 72.7 Å². The number of hydrogen-bond acceptors (Lipinski definition) is 4. The molecule has 1 N–H and O–H groups in total. The lowest BCUT2D eigenvalue weighted by Crippen LogP contribution is -2.61. The predicted molar refractivity (Wildman–Crippen MR) is 119 cm³/mol. The first-order valence-corrected chi connectivity index (χ1v) is 12.0. The molecule has 6 heteroatoms. The zero-order chi connectivity index (χ0) is 21.8. The first-order valence-electron chi connectivity index (χ1n) is 12.0. The van der Waals surface area contributed by atoms with E-state index in [1.54, 1.807) is 0 Å². The van der Waals surface area contributed by atoms with Crippen molar-refractivity contribution >= 4 is 5.91 Å². The SMILES string of the molecule is CC[C@H](NC(=O)C12C[C@@H]3C[C@@H](C1)CC(n1nnc(C)n1)(C3)C2)c1ccc(C(C)C)cc1. The van der Waals surface area contributed by atoms with Crippen LogP contribution >= 0.6 is 0 Å². The Balaban J connectivity index is 1.39. The molecule has 4 aliphatic carbocycles. The minimum atomic E-state index is -0.295. The molecular weight excluding hydrogens is 386 g/mol. The number of amides is 1. The van der Waals surface area contributed by atoms with E-state index in [-0.39, 0.29) is 22.9 Å². The Morgan fingerprint density at radius 2 is 1.77 bits per heavy atom. The summed E-state index contributed by atoms with van der Waals surface area (Å²) in [6.07, 6.45) is 7.17. The summed E-state index contributed by atoms with van der Waals surface area (Å²) in [7, 11) is 0. The molecule has 0 spiro atoms. The number of aromatic nitrogens is 4. The summed E-state index contributed by atoms with van der Waals surface area (Å²) in [5, 5.41) is 16.6. The van der Waals surface area contributed by atoms with Gasteiger partial charge in [-0.15, -0.1) is 10.2 Å². The third-order valence-corrected chi connectivity index (χ3v) is 8.17. The molecule has 1 amide bonds. The Morgan fingerprint density at radius 3 is 2.32 bits per heavy atom. The summed E-state index contributed by atoms with van der Waals surface area (Å²) < 4.78 is 0. The molecule has 1 heterocycles. The van der Waals surface area contributed by atoms with Crippen molar-refractivity contribution < 1.29 is 4.79 Å². The van der Waals surface area contributed by atoms with Gasteiger partial charge in [0.25, 0.3) is 0 Å². The summed E-state index contributed by atoms with van der Waals surface area (Å²) in [6, 6.07) is 8.84. The van der Waals surface area contributed by atoms with Gasteiger partial charge in [0.15, 0.2) is 5.82 Å². The zero-order valence-corrected chi connectivity index (χ0v) is 19.3. The first kappa shape index (κ1) is 20.7. The van der Waals surface area contributed by atoms with Crippen molar-refractivity contribution in [3.8, 4) is 0 Å². The first-order chi connectivity index (χ1) is 14.8. The summed E-state index contributed by atoms with van der Waals surface area (Å²) in [4.78, 5) is 15.7. The number of aryl methyl sites for hydroxylation is 1. The largest absolute Gasteiger partial charge is 0.349 e. The minimum absolute atomic E-state index is 0.0596. The van der Waals surface area contributed by atoms with E-state index in [0.29, 0.717) is 23.6 Å². The van der Waals surface area contributed by atoms with Crippen LogP contribution in [-0.4, -0.2) is 26.1 Å². The number of nitrogens with one attached hydrogen (secondary N) is 1. The van der Waals surface area contributed by atoms with Gasteiger partial charge >= 0.3 is 0 Å². The van der Waals surface area contributed by atoms with Gasteiger partial charge in [0.05, 0.1) is 17.0 Å². The van der Waals surface area contributed by atoms with Crippen molar-refractivity contribution in [3.05, 3.63) is 41.2 Å². The highest BCUT2D eigenvalue weighted by Crippen LogP contribution is 2.64. The van der Waals surface area contributed by atoms with Gasteiger partial charge < -0.3 is 5.32 Å². The highest BCUT2D eigenvalue weighted by atomic mass is 16.2. The van der Waals surface area contributed by atoms with E-state index in [1.165, 1.54) is 17.5 Å². The van der Waals surface area contributed by atoms with Crippen molar-refractivity contribution in [2.24, 2.45) is 17.3 Å². The summed E-state index contributed by atoms with van der Waals surface area (Å²) in [5.74, 6) is 2.64. The molecule has 6 rings (SSSR count). The summed E-state index contributed by atoms with van der Waals surface area (Å²) in [6.45, 7) is 8.47. The third kappa shape index (κ3) is 3.48. The van der Waals surface area contributed by atoms with Crippen LogP contribution < -0.4 is 5.32 Å². The average molecular weight is 422 g/mol. The van der Waals surface area contributed by atoms with Crippen LogP contribution in [0.2, 0.25) is 0 Å². The molecule has 4 bridgehead atoms. The van der Waals surface area contributed by atoms with Gasteiger partial charge in [-0.05, 0) is 86.0 Å². The molecule has 0 unspecified atom stereocenters. The smallest absolute Gasteiger partial charge is 0.226 e. The third-order valence-electron chi connectivity index (χ3n) is 8.17. The van der Waals surface area contributed by atoms with Crippen LogP contribution in [0.15, 0.2) is 24.3 Å². The van der Waals surface area contributed by atoms with Crippen LogP contribution in [-0.2, 0) is 10.3 Å². The predicted octanol–water partition coefficient (Wildman–Crippen LogP) is 4.67. The summed E-state index contributed by atoms with van der Waals surface area (Å²) in [5.41, 5.74) is 2.11. The van der Waals surface area contributed by atoms with Gasteiger partial charge in [-0.1, -0.05) is 45.0 Å². The quantitative estimate of drug-likeness (QED) is 0.736. The maximum atomic E-state index is 13.8. The highest BCUT2D eigenvalue weighted by molar-refractivity contribution is 5.83. The number of hydrogen-bond donors (Lipinski definition) is 1. The molecule has 0 radical (unpaired) electrons. The molecule has 4 saturated carbocycles. The molecule has 6 nitrogen and oxygen atoms in total. The molecule has 31 heavy (non-hydrogen) atoms. The maximum absolute atomic E-state index is 13.8. The second kappa shape index (κ2) is 7.42. The van der Waals surface area contributed by atoms with Gasteiger partial charge in [-0.2, -0.15) is 4.80 Å². The fourth-order valence-electron chi connectivity index (χ4n) is 7.04.